The smallest absolute Gasteiger partial charge is 0.159 e. The van der Waals surface area contributed by atoms with E-state index in [0.717, 1.165) is 6.07 Å². The molecule has 5 heteroatoms. The first-order valence-corrected chi connectivity index (χ1v) is 7.14. The Morgan fingerprint density at radius 1 is 1.29 bits per heavy atom. The molecule has 0 spiro atoms. The zero-order valence-corrected chi connectivity index (χ0v) is 11.0. The van der Waals surface area contributed by atoms with Crippen molar-refractivity contribution in [3.8, 4) is 0 Å². The minimum atomic E-state index is -0.873. The lowest BCUT2D eigenvalue weighted by Gasteiger charge is -2.19. The summed E-state index contributed by atoms with van der Waals surface area (Å²) >= 11 is 0. The van der Waals surface area contributed by atoms with Crippen LogP contribution >= 0.6 is 0 Å². The van der Waals surface area contributed by atoms with Gasteiger partial charge in [-0.1, -0.05) is 6.07 Å². The van der Waals surface area contributed by atoms with Crippen LogP contribution in [0.2, 0.25) is 0 Å². The molecule has 0 saturated heterocycles. The molecule has 0 aliphatic rings. The molecule has 1 rings (SSSR count). The number of hydrogen-bond acceptors (Lipinski definition) is 2. The molecule has 1 N–H and O–H groups in total. The topological polar surface area (TPSA) is 29.1 Å². The van der Waals surface area contributed by atoms with Gasteiger partial charge in [-0.05, 0) is 31.5 Å². The summed E-state index contributed by atoms with van der Waals surface area (Å²) in [6.45, 7) is 3.78. The van der Waals surface area contributed by atoms with Gasteiger partial charge in [-0.2, -0.15) is 0 Å². The molecule has 0 aliphatic heterocycles. The van der Waals surface area contributed by atoms with Gasteiger partial charge < -0.3 is 5.32 Å². The standard InChI is InChI=1S/C12H17F2NOS/c1-8(7-17(3)16)15-9(2)10-4-5-11(13)12(14)6-10/h4-6,8-9,15H,7H2,1-3H3. The summed E-state index contributed by atoms with van der Waals surface area (Å²) in [6.07, 6.45) is 1.64. The highest BCUT2D eigenvalue weighted by Crippen LogP contribution is 2.16. The van der Waals surface area contributed by atoms with Crippen molar-refractivity contribution >= 4 is 10.8 Å². The Balaban J connectivity index is 2.66. The quantitative estimate of drug-likeness (QED) is 0.881. The van der Waals surface area contributed by atoms with Crippen molar-refractivity contribution in [2.24, 2.45) is 0 Å². The Morgan fingerprint density at radius 2 is 1.94 bits per heavy atom. The second-order valence-electron chi connectivity index (χ2n) is 4.20. The summed E-state index contributed by atoms with van der Waals surface area (Å²) in [7, 11) is -0.873. The fourth-order valence-corrected chi connectivity index (χ4v) is 2.51. The second kappa shape index (κ2) is 6.21. The normalized spacial score (nSPS) is 16.5. The van der Waals surface area contributed by atoms with Crippen LogP contribution in [0.1, 0.15) is 25.5 Å². The maximum atomic E-state index is 13.0. The number of nitrogens with one attached hydrogen (secondary N) is 1. The maximum absolute atomic E-state index is 13.0. The molecule has 0 bridgehead atoms. The van der Waals surface area contributed by atoms with Gasteiger partial charge in [-0.25, -0.2) is 8.78 Å². The lowest BCUT2D eigenvalue weighted by molar-refractivity contribution is 0.487. The Labute approximate surface area is 103 Å². The number of benzene rings is 1. The van der Waals surface area contributed by atoms with Crippen LogP contribution in [0.25, 0.3) is 0 Å². The Kier molecular flexibility index (Phi) is 5.21. The van der Waals surface area contributed by atoms with Gasteiger partial charge in [0.1, 0.15) is 0 Å². The van der Waals surface area contributed by atoms with Crippen molar-refractivity contribution in [2.75, 3.05) is 12.0 Å². The Morgan fingerprint density at radius 3 is 2.47 bits per heavy atom. The van der Waals surface area contributed by atoms with Crippen molar-refractivity contribution in [1.82, 2.24) is 5.32 Å². The van der Waals surface area contributed by atoms with Crippen LogP contribution in [0.5, 0.6) is 0 Å². The molecule has 3 atom stereocenters. The predicted molar refractivity (Wildman–Crippen MR) is 66.3 cm³/mol. The predicted octanol–water partition coefficient (Wildman–Crippen LogP) is 2.38. The highest BCUT2D eigenvalue weighted by atomic mass is 32.2. The van der Waals surface area contributed by atoms with Gasteiger partial charge in [-0.15, -0.1) is 0 Å². The molecular weight excluding hydrogens is 244 g/mol. The highest BCUT2D eigenvalue weighted by molar-refractivity contribution is 7.84. The third kappa shape index (κ3) is 4.52. The molecule has 0 amide bonds. The van der Waals surface area contributed by atoms with E-state index in [1.54, 1.807) is 12.3 Å². The monoisotopic (exact) mass is 261 g/mol. The van der Waals surface area contributed by atoms with Crippen molar-refractivity contribution in [3.63, 3.8) is 0 Å². The first-order chi connectivity index (χ1) is 7.90. The third-order valence-corrected chi connectivity index (χ3v) is 3.43. The lowest BCUT2D eigenvalue weighted by atomic mass is 10.1. The SMILES string of the molecule is CC(CS(C)=O)NC(C)c1ccc(F)c(F)c1. The molecule has 0 aliphatic carbocycles. The van der Waals surface area contributed by atoms with Crippen LogP contribution in [-0.2, 0) is 10.8 Å². The molecule has 1 aromatic rings. The van der Waals surface area contributed by atoms with Gasteiger partial charge in [0.15, 0.2) is 11.6 Å². The fraction of sp³-hybridized carbons (Fsp3) is 0.500. The molecule has 0 radical (unpaired) electrons. The van der Waals surface area contributed by atoms with Crippen LogP contribution in [0, 0.1) is 11.6 Å². The van der Waals surface area contributed by atoms with E-state index in [0.29, 0.717) is 11.3 Å². The van der Waals surface area contributed by atoms with Crippen molar-refractivity contribution < 1.29 is 13.0 Å². The lowest BCUT2D eigenvalue weighted by Crippen LogP contribution is -2.33. The van der Waals surface area contributed by atoms with Crippen LogP contribution in [0.3, 0.4) is 0 Å². The molecule has 0 fully saturated rings. The molecule has 1 aromatic carbocycles. The molecule has 0 aromatic heterocycles. The summed E-state index contributed by atoms with van der Waals surface area (Å²) in [6, 6.07) is 3.80. The van der Waals surface area contributed by atoms with E-state index < -0.39 is 22.4 Å². The van der Waals surface area contributed by atoms with Crippen LogP contribution in [0.4, 0.5) is 8.78 Å². The van der Waals surface area contributed by atoms with Crippen molar-refractivity contribution in [1.29, 1.82) is 0 Å². The van der Waals surface area contributed by atoms with E-state index in [9.17, 15) is 13.0 Å². The minimum absolute atomic E-state index is 0.0592. The third-order valence-electron chi connectivity index (χ3n) is 2.46. The summed E-state index contributed by atoms with van der Waals surface area (Å²) in [5.41, 5.74) is 0.678. The van der Waals surface area contributed by atoms with E-state index in [1.165, 1.54) is 6.07 Å². The molecule has 96 valence electrons. The minimum Gasteiger partial charge on any atom is -0.307 e. The second-order valence-corrected chi connectivity index (χ2v) is 5.68. The Hall–Kier alpha value is -0.810. The van der Waals surface area contributed by atoms with Gasteiger partial charge in [0.05, 0.1) is 0 Å². The fourth-order valence-electron chi connectivity index (χ4n) is 1.70. The average Bonchev–Trinajstić information content (AvgIpc) is 2.20. The molecular formula is C12H17F2NOS. The summed E-state index contributed by atoms with van der Waals surface area (Å²) in [5, 5.41) is 3.19. The van der Waals surface area contributed by atoms with Crippen LogP contribution < -0.4 is 5.32 Å². The average molecular weight is 261 g/mol. The largest absolute Gasteiger partial charge is 0.307 e. The van der Waals surface area contributed by atoms with E-state index >= 15 is 0 Å². The van der Waals surface area contributed by atoms with Gasteiger partial charge in [0, 0.05) is 34.9 Å². The van der Waals surface area contributed by atoms with Gasteiger partial charge in [0.2, 0.25) is 0 Å². The van der Waals surface area contributed by atoms with Crippen molar-refractivity contribution in [2.45, 2.75) is 25.9 Å². The number of halogens is 2. The number of rotatable bonds is 5. The zero-order chi connectivity index (χ0) is 13.0. The van der Waals surface area contributed by atoms with E-state index in [2.05, 4.69) is 5.32 Å². The number of hydrogen-bond donors (Lipinski definition) is 1. The van der Waals surface area contributed by atoms with Gasteiger partial charge in [0.25, 0.3) is 0 Å². The summed E-state index contributed by atoms with van der Waals surface area (Å²) in [4.78, 5) is 0. The zero-order valence-electron chi connectivity index (χ0n) is 10.2. The molecule has 2 nitrogen and oxygen atoms in total. The summed E-state index contributed by atoms with van der Waals surface area (Å²) in [5.74, 6) is -1.15. The molecule has 3 unspecified atom stereocenters. The maximum Gasteiger partial charge on any atom is 0.159 e. The molecule has 0 saturated carbocycles. The first kappa shape index (κ1) is 14.3. The van der Waals surface area contributed by atoms with Crippen LogP contribution in [-0.4, -0.2) is 22.3 Å². The van der Waals surface area contributed by atoms with E-state index in [1.807, 2.05) is 13.8 Å². The van der Waals surface area contributed by atoms with Gasteiger partial charge >= 0.3 is 0 Å². The van der Waals surface area contributed by atoms with Crippen LogP contribution in [0.15, 0.2) is 18.2 Å². The van der Waals surface area contributed by atoms with Gasteiger partial charge in [-0.3, -0.25) is 4.21 Å². The molecule has 17 heavy (non-hydrogen) atoms. The van der Waals surface area contributed by atoms with E-state index in [-0.39, 0.29) is 12.1 Å². The first-order valence-electron chi connectivity index (χ1n) is 5.41. The molecule has 0 heterocycles. The van der Waals surface area contributed by atoms with Crippen molar-refractivity contribution in [3.05, 3.63) is 35.4 Å². The Bertz CT molecular complexity index is 411. The van der Waals surface area contributed by atoms with E-state index in [4.69, 9.17) is 0 Å². The summed E-state index contributed by atoms with van der Waals surface area (Å²) < 4.78 is 36.8. The highest BCUT2D eigenvalue weighted by Gasteiger charge is 2.12.